The van der Waals surface area contributed by atoms with Gasteiger partial charge in [0.05, 0.1) is 22.0 Å². The van der Waals surface area contributed by atoms with Gasteiger partial charge in [0.25, 0.3) is 0 Å². The number of hydrogen-bond acceptors (Lipinski definition) is 8. The quantitative estimate of drug-likeness (QED) is 0.575. The minimum Gasteiger partial charge on any atom is -0.508 e. The fraction of sp³-hybridized carbons (Fsp3) is 0.292. The van der Waals surface area contributed by atoms with Gasteiger partial charge in [-0.15, -0.1) is 0 Å². The zero-order valence-corrected chi connectivity index (χ0v) is 19.6. The zero-order chi connectivity index (χ0) is 24.7. The maximum atomic E-state index is 13.8. The summed E-state index contributed by atoms with van der Waals surface area (Å²) >= 11 is 1.26. The summed E-state index contributed by atoms with van der Waals surface area (Å²) < 4.78 is 41.4. The number of thiazole rings is 1. The fourth-order valence-electron chi connectivity index (χ4n) is 4.21. The van der Waals surface area contributed by atoms with Crippen molar-refractivity contribution in [2.75, 3.05) is 38.1 Å². The molecule has 2 aromatic carbocycles. The van der Waals surface area contributed by atoms with Crippen molar-refractivity contribution in [2.45, 2.75) is 12.6 Å². The summed E-state index contributed by atoms with van der Waals surface area (Å²) in [6.45, 7) is 3.18. The van der Waals surface area contributed by atoms with Crippen LogP contribution in [0.15, 0.2) is 46.6 Å². The summed E-state index contributed by atoms with van der Waals surface area (Å²) in [4.78, 5) is 9.04. The smallest absolute Gasteiger partial charge is 0.416 e. The highest BCUT2D eigenvalue weighted by Crippen LogP contribution is 2.39. The molecule has 1 saturated heterocycles. The summed E-state index contributed by atoms with van der Waals surface area (Å²) in [6, 6.07) is 8.53. The van der Waals surface area contributed by atoms with Crippen molar-refractivity contribution in [3.63, 3.8) is 0 Å². The van der Waals surface area contributed by atoms with Gasteiger partial charge in [-0.3, -0.25) is 0 Å². The molecular formula is C24H22F3N5O2S. The van der Waals surface area contributed by atoms with Gasteiger partial charge >= 0.3 is 6.18 Å². The van der Waals surface area contributed by atoms with Crippen LogP contribution in [0.4, 0.5) is 18.3 Å². The third-order valence-corrected chi connectivity index (χ3v) is 7.32. The third kappa shape index (κ3) is 4.73. The van der Waals surface area contributed by atoms with Crippen molar-refractivity contribution in [1.29, 1.82) is 0 Å². The number of nitrogens with zero attached hydrogens (tertiary/aromatic N) is 5. The van der Waals surface area contributed by atoms with Crippen molar-refractivity contribution < 1.29 is 23.4 Å². The van der Waals surface area contributed by atoms with E-state index in [0.29, 0.717) is 26.2 Å². The lowest BCUT2D eigenvalue weighted by molar-refractivity contribution is -0.138. The summed E-state index contributed by atoms with van der Waals surface area (Å²) in [5.41, 5.74) is 0.304. The third-order valence-electron chi connectivity index (χ3n) is 6.15. The Morgan fingerprint density at radius 1 is 1.06 bits per heavy atom. The van der Waals surface area contributed by atoms with Crippen LogP contribution in [0.2, 0.25) is 0 Å². The highest BCUT2D eigenvalue weighted by molar-refractivity contribution is 7.17. The van der Waals surface area contributed by atoms with Crippen LogP contribution in [-0.2, 0) is 12.6 Å². The lowest BCUT2D eigenvalue weighted by Crippen LogP contribution is -2.44. The van der Waals surface area contributed by atoms with E-state index >= 15 is 0 Å². The molecule has 0 saturated carbocycles. The molecule has 11 heteroatoms. The molecule has 0 bridgehead atoms. The maximum absolute atomic E-state index is 13.8. The first-order valence-corrected chi connectivity index (χ1v) is 11.8. The normalized spacial score (nSPS) is 16.9. The van der Waals surface area contributed by atoms with E-state index in [4.69, 9.17) is 0 Å². The van der Waals surface area contributed by atoms with Crippen LogP contribution in [0.1, 0.15) is 21.6 Å². The molecule has 0 radical (unpaired) electrons. The second kappa shape index (κ2) is 8.97. The van der Waals surface area contributed by atoms with E-state index in [2.05, 4.69) is 25.0 Å². The SMILES string of the molecule is CN1CCN(c2nc(O)c(C(Cc3ccc(O)cc3C(F)(F)F)=c3ccc4c(c3)C=NN=4)s2)CC1. The van der Waals surface area contributed by atoms with Gasteiger partial charge < -0.3 is 20.0 Å². The van der Waals surface area contributed by atoms with Crippen molar-refractivity contribution in [2.24, 2.45) is 10.2 Å². The highest BCUT2D eigenvalue weighted by Gasteiger charge is 2.34. The highest BCUT2D eigenvalue weighted by atomic mass is 32.1. The van der Waals surface area contributed by atoms with E-state index in [1.807, 2.05) is 7.05 Å². The topological polar surface area (TPSA) is 84.5 Å². The van der Waals surface area contributed by atoms with E-state index in [9.17, 15) is 23.4 Å². The second-order valence-electron chi connectivity index (χ2n) is 8.55. The van der Waals surface area contributed by atoms with Crippen LogP contribution in [0, 0.1) is 0 Å². The molecule has 0 aliphatic carbocycles. The number of piperazine rings is 1. The molecule has 182 valence electrons. The molecule has 35 heavy (non-hydrogen) atoms. The molecular weight excluding hydrogens is 479 g/mol. The van der Waals surface area contributed by atoms with Crippen LogP contribution in [0.25, 0.3) is 5.57 Å². The fourth-order valence-corrected chi connectivity index (χ4v) is 5.28. The molecule has 2 N–H and O–H groups in total. The van der Waals surface area contributed by atoms with Gasteiger partial charge in [0.15, 0.2) is 5.13 Å². The van der Waals surface area contributed by atoms with Crippen LogP contribution >= 0.6 is 11.3 Å². The van der Waals surface area contributed by atoms with Gasteiger partial charge in [-0.05, 0) is 47.7 Å². The number of aromatic hydroxyl groups is 2. The van der Waals surface area contributed by atoms with Gasteiger partial charge in [0.2, 0.25) is 5.88 Å². The number of halogens is 3. The molecule has 0 spiro atoms. The zero-order valence-electron chi connectivity index (χ0n) is 18.7. The van der Waals surface area contributed by atoms with E-state index in [-0.39, 0.29) is 17.9 Å². The number of rotatable bonds is 4. The Balaban J connectivity index is 1.65. The van der Waals surface area contributed by atoms with E-state index in [1.54, 1.807) is 24.4 Å². The lowest BCUT2D eigenvalue weighted by Gasteiger charge is -2.31. The maximum Gasteiger partial charge on any atom is 0.416 e. The Morgan fingerprint density at radius 2 is 1.83 bits per heavy atom. The molecule has 2 aliphatic rings. The number of benzene rings is 2. The Hall–Kier alpha value is -3.44. The van der Waals surface area contributed by atoms with Crippen LogP contribution in [-0.4, -0.2) is 59.5 Å². The molecule has 1 fully saturated rings. The molecule has 0 unspecified atom stereocenters. The predicted molar refractivity (Wildman–Crippen MR) is 128 cm³/mol. The van der Waals surface area contributed by atoms with Crippen molar-refractivity contribution in [3.8, 4) is 11.6 Å². The molecule has 5 rings (SSSR count). The van der Waals surface area contributed by atoms with Gasteiger partial charge in [-0.25, -0.2) is 0 Å². The van der Waals surface area contributed by atoms with E-state index in [1.165, 1.54) is 23.5 Å². The standard InChI is InChI=1S/C24H22F3N5O2S/c1-31-6-8-32(9-7-31)23-29-22(34)21(35-23)18(14-3-5-20-16(10-14)13-28-30-20)11-15-2-4-17(33)12-19(15)24(25,26)27/h2-5,10,12-13,33-34H,6-9,11H2,1H3. The molecule has 0 atom stereocenters. The number of phenols is 1. The summed E-state index contributed by atoms with van der Waals surface area (Å²) in [5, 5.41) is 30.4. The Bertz CT molecular complexity index is 1430. The number of hydrogen-bond donors (Lipinski definition) is 2. The van der Waals surface area contributed by atoms with Crippen molar-refractivity contribution in [1.82, 2.24) is 9.88 Å². The van der Waals surface area contributed by atoms with Gasteiger partial charge in [-0.2, -0.15) is 28.4 Å². The van der Waals surface area contributed by atoms with Crippen molar-refractivity contribution in [3.05, 3.63) is 68.5 Å². The summed E-state index contributed by atoms with van der Waals surface area (Å²) in [5.74, 6) is -0.680. The molecule has 1 aromatic heterocycles. The Labute approximate surface area is 202 Å². The van der Waals surface area contributed by atoms with Crippen molar-refractivity contribution >= 4 is 28.3 Å². The summed E-state index contributed by atoms with van der Waals surface area (Å²) in [7, 11) is 2.04. The minimum atomic E-state index is -4.65. The number of phenolic OH excluding ortho intramolecular Hbond substituents is 1. The number of aromatic nitrogens is 1. The molecule has 2 aliphatic heterocycles. The van der Waals surface area contributed by atoms with Gasteiger partial charge in [0, 0.05) is 38.2 Å². The number of fused-ring (bicyclic) bond motifs is 1. The lowest BCUT2D eigenvalue weighted by atomic mass is 9.96. The second-order valence-corrected chi connectivity index (χ2v) is 9.53. The molecule has 0 amide bonds. The Morgan fingerprint density at radius 3 is 2.57 bits per heavy atom. The first-order valence-electron chi connectivity index (χ1n) is 11.0. The number of alkyl halides is 3. The average Bonchev–Trinajstić information content (AvgIpc) is 3.44. The van der Waals surface area contributed by atoms with E-state index in [0.717, 1.165) is 37.8 Å². The first kappa shape index (κ1) is 23.3. The van der Waals surface area contributed by atoms with Gasteiger partial charge in [-0.1, -0.05) is 23.5 Å². The molecule has 3 aromatic rings. The molecule has 7 nitrogen and oxygen atoms in total. The monoisotopic (exact) mass is 501 g/mol. The first-order chi connectivity index (χ1) is 16.7. The van der Waals surface area contributed by atoms with Crippen LogP contribution in [0.5, 0.6) is 11.6 Å². The summed E-state index contributed by atoms with van der Waals surface area (Å²) in [6.07, 6.45) is -3.19. The average molecular weight is 502 g/mol. The van der Waals surface area contributed by atoms with Crippen LogP contribution < -0.4 is 15.5 Å². The number of likely N-dealkylation sites (N-methyl/N-ethyl adjacent to an activating group) is 1. The largest absolute Gasteiger partial charge is 0.508 e. The Kier molecular flexibility index (Phi) is 5.97. The minimum absolute atomic E-state index is 0.0156. The van der Waals surface area contributed by atoms with E-state index < -0.39 is 17.5 Å². The van der Waals surface area contributed by atoms with Crippen LogP contribution in [0.3, 0.4) is 0 Å². The molecule has 3 heterocycles. The number of anilines is 1. The van der Waals surface area contributed by atoms with Gasteiger partial charge in [0.1, 0.15) is 5.75 Å². The predicted octanol–water partition coefficient (Wildman–Crippen LogP) is 2.73.